The van der Waals surface area contributed by atoms with Crippen molar-refractivity contribution in [3.8, 4) is 11.5 Å². The zero-order valence-corrected chi connectivity index (χ0v) is 12.8. The minimum atomic E-state index is 0.630. The minimum Gasteiger partial charge on any atom is -0.493 e. The predicted octanol–water partition coefficient (Wildman–Crippen LogP) is 2.28. The maximum atomic E-state index is 5.34. The van der Waals surface area contributed by atoms with Crippen LogP contribution in [0, 0.1) is 0 Å². The molecular formula is C16H26N2O2. The lowest BCUT2D eigenvalue weighted by atomic mass is 10.0. The van der Waals surface area contributed by atoms with Gasteiger partial charge in [-0.05, 0) is 50.2 Å². The first-order valence-electron chi connectivity index (χ1n) is 7.43. The molecule has 20 heavy (non-hydrogen) atoms. The van der Waals surface area contributed by atoms with Gasteiger partial charge in [0.1, 0.15) is 0 Å². The monoisotopic (exact) mass is 278 g/mol. The summed E-state index contributed by atoms with van der Waals surface area (Å²) in [6.45, 7) is 6.71. The Labute approximate surface area is 122 Å². The molecule has 1 N–H and O–H groups in total. The van der Waals surface area contributed by atoms with Gasteiger partial charge < -0.3 is 19.7 Å². The molecule has 1 saturated heterocycles. The topological polar surface area (TPSA) is 33.7 Å². The largest absolute Gasteiger partial charge is 0.493 e. The Bertz CT molecular complexity index is 415. The number of rotatable bonds is 6. The fraction of sp³-hybridized carbons (Fsp3) is 0.625. The highest BCUT2D eigenvalue weighted by atomic mass is 16.5. The number of ether oxygens (including phenoxy) is 2. The molecule has 1 aromatic carbocycles. The SMILES string of the molecule is CCN1CCC(NCc2ccc(OC)c(OC)c2)CC1. The van der Waals surface area contributed by atoms with Gasteiger partial charge in [0.2, 0.25) is 0 Å². The number of benzene rings is 1. The van der Waals surface area contributed by atoms with Crippen LogP contribution in [0.25, 0.3) is 0 Å². The van der Waals surface area contributed by atoms with Crippen molar-refractivity contribution < 1.29 is 9.47 Å². The smallest absolute Gasteiger partial charge is 0.161 e. The van der Waals surface area contributed by atoms with Crippen molar-refractivity contribution in [3.05, 3.63) is 23.8 Å². The Hall–Kier alpha value is -1.26. The van der Waals surface area contributed by atoms with E-state index in [0.717, 1.165) is 18.0 Å². The summed E-state index contributed by atoms with van der Waals surface area (Å²) in [5, 5.41) is 3.65. The highest BCUT2D eigenvalue weighted by molar-refractivity contribution is 5.42. The molecule has 1 aliphatic rings. The molecule has 0 amide bonds. The molecule has 1 fully saturated rings. The summed E-state index contributed by atoms with van der Waals surface area (Å²) in [5.41, 5.74) is 1.24. The van der Waals surface area contributed by atoms with E-state index in [2.05, 4.69) is 23.2 Å². The Kier molecular flexibility index (Phi) is 5.68. The maximum Gasteiger partial charge on any atom is 0.161 e. The zero-order chi connectivity index (χ0) is 14.4. The third-order valence-corrected chi connectivity index (χ3v) is 4.08. The summed E-state index contributed by atoms with van der Waals surface area (Å²) in [4.78, 5) is 2.51. The van der Waals surface area contributed by atoms with Crippen LogP contribution in [0.4, 0.5) is 0 Å². The van der Waals surface area contributed by atoms with E-state index < -0.39 is 0 Å². The summed E-state index contributed by atoms with van der Waals surface area (Å²) in [7, 11) is 3.34. The number of likely N-dealkylation sites (tertiary alicyclic amines) is 1. The normalized spacial score (nSPS) is 17.1. The molecule has 0 spiro atoms. The highest BCUT2D eigenvalue weighted by Gasteiger charge is 2.17. The van der Waals surface area contributed by atoms with Crippen molar-refractivity contribution in [1.82, 2.24) is 10.2 Å². The first kappa shape index (κ1) is 15.1. The first-order chi connectivity index (χ1) is 9.76. The summed E-state index contributed by atoms with van der Waals surface area (Å²) in [5.74, 6) is 1.58. The van der Waals surface area contributed by atoms with Gasteiger partial charge in [-0.2, -0.15) is 0 Å². The maximum absolute atomic E-state index is 5.34. The third-order valence-electron chi connectivity index (χ3n) is 4.08. The van der Waals surface area contributed by atoms with Gasteiger partial charge in [-0.1, -0.05) is 13.0 Å². The first-order valence-corrected chi connectivity index (χ1v) is 7.43. The molecule has 1 heterocycles. The summed E-state index contributed by atoms with van der Waals surface area (Å²) in [6.07, 6.45) is 2.47. The van der Waals surface area contributed by atoms with Crippen LogP contribution in [0.5, 0.6) is 11.5 Å². The van der Waals surface area contributed by atoms with Gasteiger partial charge in [-0.15, -0.1) is 0 Å². The Morgan fingerprint density at radius 3 is 2.45 bits per heavy atom. The van der Waals surface area contributed by atoms with Crippen LogP contribution in [0.1, 0.15) is 25.3 Å². The number of hydrogen-bond donors (Lipinski definition) is 1. The molecule has 0 radical (unpaired) electrons. The van der Waals surface area contributed by atoms with E-state index >= 15 is 0 Å². The van der Waals surface area contributed by atoms with E-state index in [1.165, 1.54) is 38.0 Å². The second kappa shape index (κ2) is 7.50. The quantitative estimate of drug-likeness (QED) is 0.865. The van der Waals surface area contributed by atoms with Gasteiger partial charge in [0.15, 0.2) is 11.5 Å². The van der Waals surface area contributed by atoms with Gasteiger partial charge in [-0.25, -0.2) is 0 Å². The van der Waals surface area contributed by atoms with Crippen LogP contribution in [-0.2, 0) is 6.54 Å². The van der Waals surface area contributed by atoms with Gasteiger partial charge in [-0.3, -0.25) is 0 Å². The number of nitrogens with one attached hydrogen (secondary N) is 1. The minimum absolute atomic E-state index is 0.630. The van der Waals surface area contributed by atoms with Crippen LogP contribution >= 0.6 is 0 Å². The second-order valence-electron chi connectivity index (χ2n) is 5.28. The Balaban J connectivity index is 1.85. The lowest BCUT2D eigenvalue weighted by Crippen LogP contribution is -2.42. The molecule has 0 aromatic heterocycles. The van der Waals surface area contributed by atoms with Crippen molar-refractivity contribution in [3.63, 3.8) is 0 Å². The number of hydrogen-bond acceptors (Lipinski definition) is 4. The Morgan fingerprint density at radius 2 is 1.85 bits per heavy atom. The van der Waals surface area contributed by atoms with Crippen LogP contribution in [0.2, 0.25) is 0 Å². The molecule has 0 atom stereocenters. The van der Waals surface area contributed by atoms with E-state index in [1.54, 1.807) is 14.2 Å². The van der Waals surface area contributed by atoms with Gasteiger partial charge >= 0.3 is 0 Å². The fourth-order valence-corrected chi connectivity index (χ4v) is 2.71. The molecule has 0 bridgehead atoms. The van der Waals surface area contributed by atoms with Crippen LogP contribution in [0.15, 0.2) is 18.2 Å². The number of nitrogens with zero attached hydrogens (tertiary/aromatic N) is 1. The average Bonchev–Trinajstić information content (AvgIpc) is 2.53. The van der Waals surface area contributed by atoms with Gasteiger partial charge in [0, 0.05) is 12.6 Å². The molecule has 1 aromatic rings. The van der Waals surface area contributed by atoms with Gasteiger partial charge in [0.05, 0.1) is 14.2 Å². The van der Waals surface area contributed by atoms with Crippen molar-refractivity contribution in [2.75, 3.05) is 33.9 Å². The molecule has 1 aliphatic heterocycles. The third kappa shape index (κ3) is 3.87. The summed E-state index contributed by atoms with van der Waals surface area (Å²) >= 11 is 0. The lowest BCUT2D eigenvalue weighted by Gasteiger charge is -2.31. The van der Waals surface area contributed by atoms with E-state index in [1.807, 2.05) is 12.1 Å². The predicted molar refractivity (Wildman–Crippen MR) is 81.5 cm³/mol. The van der Waals surface area contributed by atoms with E-state index in [4.69, 9.17) is 9.47 Å². The fourth-order valence-electron chi connectivity index (χ4n) is 2.71. The van der Waals surface area contributed by atoms with E-state index in [0.29, 0.717) is 6.04 Å². The second-order valence-corrected chi connectivity index (χ2v) is 5.28. The van der Waals surface area contributed by atoms with Crippen LogP contribution in [-0.4, -0.2) is 44.8 Å². The van der Waals surface area contributed by atoms with Crippen LogP contribution in [0.3, 0.4) is 0 Å². The molecular weight excluding hydrogens is 252 g/mol. The van der Waals surface area contributed by atoms with Crippen molar-refractivity contribution in [2.24, 2.45) is 0 Å². The highest BCUT2D eigenvalue weighted by Crippen LogP contribution is 2.27. The molecule has 4 heteroatoms. The molecule has 0 saturated carbocycles. The molecule has 112 valence electrons. The van der Waals surface area contributed by atoms with Crippen molar-refractivity contribution in [1.29, 1.82) is 0 Å². The van der Waals surface area contributed by atoms with E-state index in [9.17, 15) is 0 Å². The van der Waals surface area contributed by atoms with Crippen molar-refractivity contribution in [2.45, 2.75) is 32.4 Å². The average molecular weight is 278 g/mol. The summed E-state index contributed by atoms with van der Waals surface area (Å²) in [6, 6.07) is 6.74. The van der Waals surface area contributed by atoms with E-state index in [-0.39, 0.29) is 0 Å². The molecule has 0 aliphatic carbocycles. The van der Waals surface area contributed by atoms with Crippen LogP contribution < -0.4 is 14.8 Å². The molecule has 4 nitrogen and oxygen atoms in total. The molecule has 2 rings (SSSR count). The van der Waals surface area contributed by atoms with Crippen molar-refractivity contribution >= 4 is 0 Å². The number of piperidine rings is 1. The Morgan fingerprint density at radius 1 is 1.15 bits per heavy atom. The zero-order valence-electron chi connectivity index (χ0n) is 12.8. The molecule has 0 unspecified atom stereocenters. The van der Waals surface area contributed by atoms with Gasteiger partial charge in [0.25, 0.3) is 0 Å². The summed E-state index contributed by atoms with van der Waals surface area (Å²) < 4.78 is 10.6. The standard InChI is InChI=1S/C16H26N2O2/c1-4-18-9-7-14(8-10-18)17-12-13-5-6-15(19-2)16(11-13)20-3/h5-6,11,14,17H,4,7-10,12H2,1-3H3. The number of methoxy groups -OCH3 is 2. The lowest BCUT2D eigenvalue weighted by molar-refractivity contribution is 0.206.